The van der Waals surface area contributed by atoms with Crippen LogP contribution >= 0.6 is 0 Å². The predicted molar refractivity (Wildman–Crippen MR) is 101 cm³/mol. The van der Waals surface area contributed by atoms with Crippen molar-refractivity contribution in [1.82, 2.24) is 9.55 Å². The molecule has 0 unspecified atom stereocenters. The number of benzene rings is 1. The van der Waals surface area contributed by atoms with Crippen LogP contribution in [0.15, 0.2) is 67.1 Å². The summed E-state index contributed by atoms with van der Waals surface area (Å²) in [6.45, 7) is 3.07. The van der Waals surface area contributed by atoms with Gasteiger partial charge < -0.3 is 19.5 Å². The molecule has 132 valence electrons. The van der Waals surface area contributed by atoms with Gasteiger partial charge in [0.05, 0.1) is 18.8 Å². The summed E-state index contributed by atoms with van der Waals surface area (Å²) in [6.07, 6.45) is 5.56. The number of aromatic nitrogens is 2. The molecule has 4 rings (SSSR count). The SMILES string of the molecule is O=C(Nc1cccc(-n2cccc2)c1)c1ccc(N2CCOCC2)nc1. The van der Waals surface area contributed by atoms with E-state index >= 15 is 0 Å². The Kier molecular flexibility index (Phi) is 4.66. The lowest BCUT2D eigenvalue weighted by molar-refractivity contribution is 0.102. The fourth-order valence-corrected chi connectivity index (χ4v) is 2.95. The van der Waals surface area contributed by atoms with E-state index in [0.29, 0.717) is 18.8 Å². The van der Waals surface area contributed by atoms with Gasteiger partial charge in [-0.1, -0.05) is 6.07 Å². The molecule has 1 aromatic carbocycles. The van der Waals surface area contributed by atoms with E-state index in [9.17, 15) is 4.79 Å². The number of carbonyl (C=O) groups excluding carboxylic acids is 1. The van der Waals surface area contributed by atoms with Crippen LogP contribution in [0.25, 0.3) is 5.69 Å². The van der Waals surface area contributed by atoms with Gasteiger partial charge in [0.25, 0.3) is 5.91 Å². The summed E-state index contributed by atoms with van der Waals surface area (Å²) < 4.78 is 7.35. The van der Waals surface area contributed by atoms with E-state index < -0.39 is 0 Å². The molecule has 0 saturated carbocycles. The van der Waals surface area contributed by atoms with Crippen molar-refractivity contribution in [2.75, 3.05) is 36.5 Å². The van der Waals surface area contributed by atoms with Crippen LogP contribution in [-0.2, 0) is 4.74 Å². The highest BCUT2D eigenvalue weighted by molar-refractivity contribution is 6.04. The third kappa shape index (κ3) is 3.60. The number of ether oxygens (including phenoxy) is 1. The number of morpholine rings is 1. The van der Waals surface area contributed by atoms with Gasteiger partial charge in [-0.15, -0.1) is 0 Å². The van der Waals surface area contributed by atoms with Crippen molar-refractivity contribution in [2.24, 2.45) is 0 Å². The third-order valence-electron chi connectivity index (χ3n) is 4.35. The number of hydrogen-bond donors (Lipinski definition) is 1. The normalized spacial score (nSPS) is 14.2. The molecule has 1 N–H and O–H groups in total. The summed E-state index contributed by atoms with van der Waals surface area (Å²) in [4.78, 5) is 19.1. The van der Waals surface area contributed by atoms with E-state index in [1.165, 1.54) is 0 Å². The number of anilines is 2. The van der Waals surface area contributed by atoms with Crippen molar-refractivity contribution >= 4 is 17.4 Å². The van der Waals surface area contributed by atoms with E-state index in [0.717, 1.165) is 30.3 Å². The zero-order chi connectivity index (χ0) is 17.8. The van der Waals surface area contributed by atoms with Crippen molar-refractivity contribution in [2.45, 2.75) is 0 Å². The van der Waals surface area contributed by atoms with E-state index in [-0.39, 0.29) is 5.91 Å². The first-order chi connectivity index (χ1) is 12.8. The van der Waals surface area contributed by atoms with Crippen molar-refractivity contribution in [3.05, 3.63) is 72.7 Å². The van der Waals surface area contributed by atoms with Crippen LogP contribution in [-0.4, -0.2) is 41.8 Å². The quantitative estimate of drug-likeness (QED) is 0.787. The molecular formula is C20H20N4O2. The zero-order valence-corrected chi connectivity index (χ0v) is 14.3. The average Bonchev–Trinajstić information content (AvgIpc) is 3.24. The number of hydrogen-bond acceptors (Lipinski definition) is 4. The molecular weight excluding hydrogens is 328 g/mol. The number of pyridine rings is 1. The summed E-state index contributed by atoms with van der Waals surface area (Å²) in [7, 11) is 0. The molecule has 0 spiro atoms. The Bertz CT molecular complexity index is 869. The van der Waals surface area contributed by atoms with Crippen LogP contribution in [0.4, 0.5) is 11.5 Å². The summed E-state index contributed by atoms with van der Waals surface area (Å²) in [5.41, 5.74) is 2.28. The zero-order valence-electron chi connectivity index (χ0n) is 14.3. The molecule has 3 heterocycles. The molecule has 1 amide bonds. The van der Waals surface area contributed by atoms with Crippen LogP contribution in [0.5, 0.6) is 0 Å². The Morgan fingerprint density at radius 1 is 1.04 bits per heavy atom. The third-order valence-corrected chi connectivity index (χ3v) is 4.35. The van der Waals surface area contributed by atoms with Gasteiger partial charge in [0, 0.05) is 43.1 Å². The maximum atomic E-state index is 12.5. The van der Waals surface area contributed by atoms with Crippen molar-refractivity contribution in [1.29, 1.82) is 0 Å². The first-order valence-corrected chi connectivity index (χ1v) is 8.63. The van der Waals surface area contributed by atoms with E-state index in [1.807, 2.05) is 65.5 Å². The molecule has 0 radical (unpaired) electrons. The Morgan fingerprint density at radius 2 is 1.85 bits per heavy atom. The monoisotopic (exact) mass is 348 g/mol. The molecule has 1 fully saturated rings. The highest BCUT2D eigenvalue weighted by Gasteiger charge is 2.13. The molecule has 6 nitrogen and oxygen atoms in total. The standard InChI is InChI=1S/C20H20N4O2/c25-20(16-6-7-19(21-15-16)24-10-12-26-13-11-24)22-17-4-3-5-18(14-17)23-8-1-2-9-23/h1-9,14-15H,10-13H2,(H,22,25). The minimum atomic E-state index is -0.171. The van der Waals surface area contributed by atoms with Gasteiger partial charge >= 0.3 is 0 Å². The second kappa shape index (κ2) is 7.41. The van der Waals surface area contributed by atoms with Crippen molar-refractivity contribution in [3.8, 4) is 5.69 Å². The maximum Gasteiger partial charge on any atom is 0.257 e. The molecule has 1 saturated heterocycles. The van der Waals surface area contributed by atoms with E-state index in [4.69, 9.17) is 4.74 Å². The molecule has 0 atom stereocenters. The molecule has 1 aliphatic heterocycles. The smallest absolute Gasteiger partial charge is 0.257 e. The van der Waals surface area contributed by atoms with Crippen molar-refractivity contribution < 1.29 is 9.53 Å². The van der Waals surface area contributed by atoms with Crippen LogP contribution in [0.1, 0.15) is 10.4 Å². The van der Waals surface area contributed by atoms with Gasteiger partial charge in [0.1, 0.15) is 5.82 Å². The van der Waals surface area contributed by atoms with Gasteiger partial charge in [-0.2, -0.15) is 0 Å². The maximum absolute atomic E-state index is 12.5. The minimum Gasteiger partial charge on any atom is -0.378 e. The Morgan fingerprint density at radius 3 is 2.58 bits per heavy atom. The summed E-state index contributed by atoms with van der Waals surface area (Å²) >= 11 is 0. The molecule has 0 aliphatic carbocycles. The van der Waals surface area contributed by atoms with Crippen LogP contribution < -0.4 is 10.2 Å². The van der Waals surface area contributed by atoms with Gasteiger partial charge in [0.15, 0.2) is 0 Å². The Labute approximate surface area is 152 Å². The van der Waals surface area contributed by atoms with E-state index in [1.54, 1.807) is 6.20 Å². The highest BCUT2D eigenvalue weighted by Crippen LogP contribution is 2.17. The fraction of sp³-hybridized carbons (Fsp3) is 0.200. The van der Waals surface area contributed by atoms with Crippen LogP contribution in [0.2, 0.25) is 0 Å². The van der Waals surface area contributed by atoms with Gasteiger partial charge in [-0.25, -0.2) is 4.98 Å². The minimum absolute atomic E-state index is 0.171. The first-order valence-electron chi connectivity index (χ1n) is 8.63. The molecule has 6 heteroatoms. The average molecular weight is 348 g/mol. The molecule has 3 aromatic rings. The molecule has 0 bridgehead atoms. The van der Waals surface area contributed by atoms with Crippen LogP contribution in [0, 0.1) is 0 Å². The number of amides is 1. The number of rotatable bonds is 4. The first kappa shape index (κ1) is 16.4. The van der Waals surface area contributed by atoms with E-state index in [2.05, 4.69) is 15.2 Å². The van der Waals surface area contributed by atoms with Crippen LogP contribution in [0.3, 0.4) is 0 Å². The van der Waals surface area contributed by atoms with Gasteiger partial charge in [0.2, 0.25) is 0 Å². The highest BCUT2D eigenvalue weighted by atomic mass is 16.5. The lowest BCUT2D eigenvalue weighted by atomic mass is 10.2. The molecule has 2 aromatic heterocycles. The molecule has 1 aliphatic rings. The summed E-state index contributed by atoms with van der Waals surface area (Å²) in [6, 6.07) is 15.4. The predicted octanol–water partition coefficient (Wildman–Crippen LogP) is 2.96. The topological polar surface area (TPSA) is 59.4 Å². The second-order valence-electron chi connectivity index (χ2n) is 6.10. The summed E-state index contributed by atoms with van der Waals surface area (Å²) in [5, 5.41) is 2.93. The number of nitrogens with one attached hydrogen (secondary N) is 1. The fourth-order valence-electron chi connectivity index (χ4n) is 2.95. The summed E-state index contributed by atoms with van der Waals surface area (Å²) in [5.74, 6) is 0.704. The lowest BCUT2D eigenvalue weighted by Crippen LogP contribution is -2.36. The van der Waals surface area contributed by atoms with Crippen molar-refractivity contribution in [3.63, 3.8) is 0 Å². The van der Waals surface area contributed by atoms with Gasteiger partial charge in [-0.3, -0.25) is 4.79 Å². The second-order valence-corrected chi connectivity index (χ2v) is 6.10. The van der Waals surface area contributed by atoms with Gasteiger partial charge in [-0.05, 0) is 42.5 Å². The lowest BCUT2D eigenvalue weighted by Gasteiger charge is -2.27. The number of carbonyl (C=O) groups is 1. The Hall–Kier alpha value is -3.12. The number of nitrogens with zero attached hydrogens (tertiary/aromatic N) is 3. The molecule has 26 heavy (non-hydrogen) atoms. The Balaban J connectivity index is 1.45. The largest absolute Gasteiger partial charge is 0.378 e.